The van der Waals surface area contributed by atoms with Gasteiger partial charge in [0.15, 0.2) is 11.5 Å². The highest BCUT2D eigenvalue weighted by molar-refractivity contribution is 7.18. The molecule has 27 heavy (non-hydrogen) atoms. The highest BCUT2D eigenvalue weighted by Gasteiger charge is 2.15. The van der Waals surface area contributed by atoms with E-state index in [2.05, 4.69) is 9.97 Å². The third-order valence-electron chi connectivity index (χ3n) is 4.41. The van der Waals surface area contributed by atoms with Crippen LogP contribution in [-0.4, -0.2) is 29.2 Å². The van der Waals surface area contributed by atoms with Crippen molar-refractivity contribution in [1.29, 1.82) is 0 Å². The monoisotopic (exact) mass is 386 g/mol. The predicted molar refractivity (Wildman–Crippen MR) is 101 cm³/mol. The zero-order chi connectivity index (χ0) is 19.0. The number of hydrogen-bond acceptors (Lipinski definition) is 7. The van der Waals surface area contributed by atoms with E-state index >= 15 is 0 Å². The van der Waals surface area contributed by atoms with Crippen LogP contribution in [0.15, 0.2) is 23.0 Å². The Morgan fingerprint density at radius 3 is 2.85 bits per heavy atom. The van der Waals surface area contributed by atoms with Gasteiger partial charge in [0.2, 0.25) is 0 Å². The van der Waals surface area contributed by atoms with Gasteiger partial charge in [-0.1, -0.05) is 6.07 Å². The summed E-state index contributed by atoms with van der Waals surface area (Å²) in [7, 11) is 0. The first-order valence-corrected chi connectivity index (χ1v) is 9.36. The van der Waals surface area contributed by atoms with E-state index in [1.165, 1.54) is 11.3 Å². The number of H-pyrrole nitrogens is 1. The number of rotatable bonds is 4. The lowest BCUT2D eigenvalue weighted by atomic mass is 10.1. The second kappa shape index (κ2) is 7.03. The Morgan fingerprint density at radius 1 is 1.26 bits per heavy atom. The second-order valence-electron chi connectivity index (χ2n) is 6.29. The van der Waals surface area contributed by atoms with Crippen molar-refractivity contribution >= 4 is 27.5 Å². The molecule has 1 N–H and O–H groups in total. The van der Waals surface area contributed by atoms with Crippen LogP contribution in [-0.2, 0) is 22.6 Å². The van der Waals surface area contributed by atoms with Gasteiger partial charge < -0.3 is 19.2 Å². The fourth-order valence-corrected chi connectivity index (χ4v) is 3.98. The number of carbonyl (C=O) groups excluding carboxylic acids is 1. The van der Waals surface area contributed by atoms with Crippen molar-refractivity contribution in [3.8, 4) is 11.5 Å². The molecular formula is C19H18N2O5S. The van der Waals surface area contributed by atoms with Crippen molar-refractivity contribution in [2.75, 3.05) is 13.2 Å². The van der Waals surface area contributed by atoms with Gasteiger partial charge in [-0.15, -0.1) is 11.3 Å². The van der Waals surface area contributed by atoms with Gasteiger partial charge in [-0.2, -0.15) is 0 Å². The Bertz CT molecular complexity index is 1090. The molecule has 4 rings (SSSR count). The van der Waals surface area contributed by atoms with Crippen molar-refractivity contribution in [2.45, 2.75) is 26.9 Å². The Balaban J connectivity index is 1.43. The molecule has 0 saturated carbocycles. The molecule has 0 amide bonds. The van der Waals surface area contributed by atoms with Crippen LogP contribution in [0.3, 0.4) is 0 Å². The molecule has 0 bridgehead atoms. The minimum Gasteiger partial charge on any atom is -0.486 e. The maximum atomic E-state index is 12.3. The van der Waals surface area contributed by atoms with Gasteiger partial charge in [0.25, 0.3) is 5.56 Å². The molecule has 0 aliphatic carbocycles. The number of aryl methyl sites for hydroxylation is 2. The van der Waals surface area contributed by atoms with Crippen LogP contribution in [0.5, 0.6) is 11.5 Å². The van der Waals surface area contributed by atoms with Gasteiger partial charge in [-0.3, -0.25) is 9.59 Å². The molecule has 3 aromatic rings. The van der Waals surface area contributed by atoms with Gasteiger partial charge in [-0.05, 0) is 37.1 Å². The van der Waals surface area contributed by atoms with Crippen LogP contribution in [0.2, 0.25) is 0 Å². The second-order valence-corrected chi connectivity index (χ2v) is 7.49. The number of nitrogens with zero attached hydrogens (tertiary/aromatic N) is 1. The van der Waals surface area contributed by atoms with Crippen molar-refractivity contribution in [2.24, 2.45) is 0 Å². The van der Waals surface area contributed by atoms with Crippen LogP contribution in [0, 0.1) is 13.8 Å². The van der Waals surface area contributed by atoms with Gasteiger partial charge in [0.05, 0.1) is 11.8 Å². The first-order chi connectivity index (χ1) is 13.0. The van der Waals surface area contributed by atoms with Crippen LogP contribution in [0.25, 0.3) is 10.2 Å². The number of aromatic amines is 1. The molecule has 8 heteroatoms. The molecule has 140 valence electrons. The number of hydrogen-bond donors (Lipinski definition) is 1. The minimum absolute atomic E-state index is 0.0788. The van der Waals surface area contributed by atoms with E-state index in [0.29, 0.717) is 40.8 Å². The summed E-state index contributed by atoms with van der Waals surface area (Å²) < 4.78 is 16.3. The van der Waals surface area contributed by atoms with E-state index in [1.54, 1.807) is 18.2 Å². The van der Waals surface area contributed by atoms with E-state index in [-0.39, 0.29) is 18.6 Å². The summed E-state index contributed by atoms with van der Waals surface area (Å²) in [6.45, 7) is 4.79. The SMILES string of the molecule is Cc1sc2nc(COC(=O)Cc3ccc4c(c3)OCCO4)[nH]c(=O)c2c1C. The Labute approximate surface area is 158 Å². The summed E-state index contributed by atoms with van der Waals surface area (Å²) in [6.07, 6.45) is 0.0976. The maximum absolute atomic E-state index is 12.3. The minimum atomic E-state index is -0.409. The molecular weight excluding hydrogens is 368 g/mol. The zero-order valence-electron chi connectivity index (χ0n) is 15.0. The highest BCUT2D eigenvalue weighted by Crippen LogP contribution is 2.31. The van der Waals surface area contributed by atoms with E-state index in [9.17, 15) is 9.59 Å². The van der Waals surface area contributed by atoms with Crippen molar-refractivity contribution in [3.05, 3.63) is 50.4 Å². The van der Waals surface area contributed by atoms with Crippen LogP contribution in [0.4, 0.5) is 0 Å². The van der Waals surface area contributed by atoms with E-state index in [4.69, 9.17) is 14.2 Å². The van der Waals surface area contributed by atoms with Gasteiger partial charge >= 0.3 is 5.97 Å². The zero-order valence-corrected chi connectivity index (χ0v) is 15.8. The average molecular weight is 386 g/mol. The number of thiophene rings is 1. The highest BCUT2D eigenvalue weighted by atomic mass is 32.1. The number of aromatic nitrogens is 2. The Kier molecular flexibility index (Phi) is 4.57. The van der Waals surface area contributed by atoms with Crippen molar-refractivity contribution in [1.82, 2.24) is 9.97 Å². The predicted octanol–water partition coefficient (Wildman–Crippen LogP) is 2.66. The lowest BCUT2D eigenvalue weighted by Crippen LogP contribution is -2.16. The molecule has 0 saturated heterocycles. The fraction of sp³-hybridized carbons (Fsp3) is 0.316. The van der Waals surface area contributed by atoms with Crippen molar-refractivity contribution < 1.29 is 19.0 Å². The molecule has 1 aromatic carbocycles. The Hall–Kier alpha value is -2.87. The molecule has 1 aliphatic heterocycles. The molecule has 1 aliphatic rings. The van der Waals surface area contributed by atoms with E-state index in [1.807, 2.05) is 13.8 Å². The van der Waals surface area contributed by atoms with Crippen LogP contribution in [0.1, 0.15) is 21.8 Å². The molecule has 0 atom stereocenters. The molecule has 7 nitrogen and oxygen atoms in total. The quantitative estimate of drug-likeness (QED) is 0.694. The van der Waals surface area contributed by atoms with Crippen LogP contribution < -0.4 is 15.0 Å². The largest absolute Gasteiger partial charge is 0.486 e. The molecule has 0 fully saturated rings. The lowest BCUT2D eigenvalue weighted by Gasteiger charge is -2.18. The molecule has 3 heterocycles. The Morgan fingerprint density at radius 2 is 2.04 bits per heavy atom. The van der Waals surface area contributed by atoms with Gasteiger partial charge in [0, 0.05) is 4.88 Å². The summed E-state index contributed by atoms with van der Waals surface area (Å²) in [5.74, 6) is 1.23. The third kappa shape index (κ3) is 3.52. The summed E-state index contributed by atoms with van der Waals surface area (Å²) >= 11 is 1.46. The first kappa shape index (κ1) is 17.5. The standard InChI is InChI=1S/C19H18N2O5S/c1-10-11(2)27-19-17(10)18(23)20-15(21-19)9-26-16(22)8-12-3-4-13-14(7-12)25-6-5-24-13/h3-4,7H,5-6,8-9H2,1-2H3,(H,20,21,23). The smallest absolute Gasteiger partial charge is 0.310 e. The summed E-state index contributed by atoms with van der Waals surface area (Å²) in [4.78, 5) is 33.2. The summed E-state index contributed by atoms with van der Waals surface area (Å²) in [6, 6.07) is 5.36. The maximum Gasteiger partial charge on any atom is 0.310 e. The van der Waals surface area contributed by atoms with Gasteiger partial charge in [0.1, 0.15) is 30.5 Å². The molecule has 0 radical (unpaired) electrons. The molecule has 0 unspecified atom stereocenters. The number of esters is 1. The molecule has 0 spiro atoms. The average Bonchev–Trinajstić information content (AvgIpc) is 2.94. The third-order valence-corrected chi connectivity index (χ3v) is 5.51. The number of ether oxygens (including phenoxy) is 3. The lowest BCUT2D eigenvalue weighted by molar-refractivity contribution is -0.144. The van der Waals surface area contributed by atoms with E-state index < -0.39 is 5.97 Å². The summed E-state index contributed by atoms with van der Waals surface area (Å²) in [5.41, 5.74) is 1.50. The van der Waals surface area contributed by atoms with Crippen molar-refractivity contribution in [3.63, 3.8) is 0 Å². The first-order valence-electron chi connectivity index (χ1n) is 8.54. The number of fused-ring (bicyclic) bond motifs is 2. The van der Waals surface area contributed by atoms with E-state index in [0.717, 1.165) is 16.0 Å². The fourth-order valence-electron chi connectivity index (χ4n) is 2.93. The topological polar surface area (TPSA) is 90.5 Å². The number of benzene rings is 1. The normalized spacial score (nSPS) is 13.0. The number of nitrogens with one attached hydrogen (secondary N) is 1. The molecule has 2 aromatic heterocycles. The summed E-state index contributed by atoms with van der Waals surface area (Å²) in [5, 5.41) is 0.601. The number of carbonyl (C=O) groups is 1. The van der Waals surface area contributed by atoms with Gasteiger partial charge in [-0.25, -0.2) is 4.98 Å². The van der Waals surface area contributed by atoms with Crippen LogP contribution >= 0.6 is 11.3 Å².